The van der Waals surface area contributed by atoms with Gasteiger partial charge in [0.15, 0.2) is 0 Å². The summed E-state index contributed by atoms with van der Waals surface area (Å²) in [4.78, 5) is 15.4. The van der Waals surface area contributed by atoms with Gasteiger partial charge in [-0.15, -0.1) is 0 Å². The third-order valence-electron chi connectivity index (χ3n) is 5.61. The zero-order valence-corrected chi connectivity index (χ0v) is 17.8. The van der Waals surface area contributed by atoms with Crippen molar-refractivity contribution in [3.05, 3.63) is 132 Å². The molecular weight excluding hydrogens is 396 g/mol. The molecule has 0 saturated carbocycles. The number of carboxylic acid groups (broad SMARTS) is 1. The molecule has 4 heteroatoms. The first-order chi connectivity index (χ1) is 15.7. The maximum Gasteiger partial charge on any atom is 0.303 e. The van der Waals surface area contributed by atoms with Gasteiger partial charge in [-0.2, -0.15) is 0 Å². The van der Waals surface area contributed by atoms with Gasteiger partial charge in [0.2, 0.25) is 0 Å². The van der Waals surface area contributed by atoms with Crippen LogP contribution in [0.2, 0.25) is 0 Å². The van der Waals surface area contributed by atoms with Crippen LogP contribution in [0.15, 0.2) is 110 Å². The van der Waals surface area contributed by atoms with Crippen LogP contribution >= 0.6 is 0 Å². The molecule has 0 fully saturated rings. The Morgan fingerprint density at radius 3 is 1.81 bits per heavy atom. The van der Waals surface area contributed by atoms with E-state index in [1.165, 1.54) is 0 Å². The van der Waals surface area contributed by atoms with E-state index in [2.05, 4.69) is 88.5 Å². The van der Waals surface area contributed by atoms with Crippen LogP contribution in [-0.2, 0) is 10.3 Å². The summed E-state index contributed by atoms with van der Waals surface area (Å²) >= 11 is 0. The van der Waals surface area contributed by atoms with Crippen LogP contribution in [0.4, 0.5) is 0 Å². The summed E-state index contributed by atoms with van der Waals surface area (Å²) < 4.78 is 2.17. The number of unbranched alkanes of at least 4 members (excludes halogenated alkanes) is 1. The van der Waals surface area contributed by atoms with Crippen molar-refractivity contribution in [1.29, 1.82) is 0 Å². The molecule has 1 heterocycles. The molecule has 0 radical (unpaired) electrons. The smallest absolute Gasteiger partial charge is 0.303 e. The molecular formula is C28H26N2O2. The first-order valence-corrected chi connectivity index (χ1v) is 10.8. The molecule has 0 aliphatic carbocycles. The molecule has 0 spiro atoms. The average Bonchev–Trinajstić information content (AvgIpc) is 3.30. The Hall–Kier alpha value is -3.92. The Kier molecular flexibility index (Phi) is 6.61. The van der Waals surface area contributed by atoms with Gasteiger partial charge in [0.1, 0.15) is 5.54 Å². The van der Waals surface area contributed by atoms with E-state index < -0.39 is 11.5 Å². The number of benzene rings is 3. The molecule has 32 heavy (non-hydrogen) atoms. The maximum atomic E-state index is 10.7. The SMILES string of the molecule is O=C(O)CCC/C=C/c1cn(C(c2ccccc2)(c2ccccc2)c2ccccc2)cn1. The number of carbonyl (C=O) groups is 1. The van der Waals surface area contributed by atoms with Crippen LogP contribution < -0.4 is 0 Å². The first kappa shape index (κ1) is 21.3. The molecule has 0 bridgehead atoms. The highest BCUT2D eigenvalue weighted by Crippen LogP contribution is 2.40. The van der Waals surface area contributed by atoms with Crippen molar-refractivity contribution in [3.8, 4) is 0 Å². The van der Waals surface area contributed by atoms with Crippen molar-refractivity contribution < 1.29 is 9.90 Å². The molecule has 0 amide bonds. The Morgan fingerprint density at radius 1 is 0.844 bits per heavy atom. The van der Waals surface area contributed by atoms with Gasteiger partial charge in [-0.1, -0.05) is 97.1 Å². The van der Waals surface area contributed by atoms with Gasteiger partial charge in [-0.3, -0.25) is 4.79 Å². The molecule has 0 aliphatic heterocycles. The minimum absolute atomic E-state index is 0.178. The number of aliphatic carboxylic acids is 1. The van der Waals surface area contributed by atoms with E-state index in [1.54, 1.807) is 0 Å². The van der Waals surface area contributed by atoms with Gasteiger partial charge in [0, 0.05) is 12.6 Å². The molecule has 3 aromatic carbocycles. The van der Waals surface area contributed by atoms with Crippen LogP contribution in [0.3, 0.4) is 0 Å². The number of hydrogen-bond acceptors (Lipinski definition) is 2. The lowest BCUT2D eigenvalue weighted by Gasteiger charge is -2.37. The van der Waals surface area contributed by atoms with Gasteiger partial charge in [-0.05, 0) is 35.6 Å². The van der Waals surface area contributed by atoms with Crippen LogP contribution in [0.25, 0.3) is 6.08 Å². The van der Waals surface area contributed by atoms with E-state index >= 15 is 0 Å². The lowest BCUT2D eigenvalue weighted by atomic mass is 9.77. The molecule has 0 unspecified atom stereocenters. The van der Waals surface area contributed by atoms with Gasteiger partial charge in [-0.25, -0.2) is 4.98 Å². The van der Waals surface area contributed by atoms with Crippen molar-refractivity contribution in [2.75, 3.05) is 0 Å². The number of carboxylic acids is 1. The maximum absolute atomic E-state index is 10.7. The van der Waals surface area contributed by atoms with Crippen LogP contribution in [0.5, 0.6) is 0 Å². The molecule has 0 atom stereocenters. The van der Waals surface area contributed by atoms with Gasteiger partial charge >= 0.3 is 5.97 Å². The van der Waals surface area contributed by atoms with Crippen molar-refractivity contribution in [2.24, 2.45) is 0 Å². The number of imidazole rings is 1. The zero-order valence-electron chi connectivity index (χ0n) is 17.8. The highest BCUT2D eigenvalue weighted by Gasteiger charge is 2.38. The Morgan fingerprint density at radius 2 is 1.34 bits per heavy atom. The second-order valence-electron chi connectivity index (χ2n) is 7.70. The van der Waals surface area contributed by atoms with E-state index in [0.717, 1.165) is 22.4 Å². The molecule has 4 nitrogen and oxygen atoms in total. The largest absolute Gasteiger partial charge is 0.481 e. The number of allylic oxidation sites excluding steroid dienone is 1. The minimum Gasteiger partial charge on any atom is -0.481 e. The quantitative estimate of drug-likeness (QED) is 0.266. The average molecular weight is 423 g/mol. The zero-order chi connectivity index (χ0) is 22.2. The monoisotopic (exact) mass is 422 g/mol. The minimum atomic E-state index is -0.763. The highest BCUT2D eigenvalue weighted by atomic mass is 16.4. The summed E-state index contributed by atoms with van der Waals surface area (Å²) in [6.07, 6.45) is 9.40. The summed E-state index contributed by atoms with van der Waals surface area (Å²) in [6, 6.07) is 31.4. The summed E-state index contributed by atoms with van der Waals surface area (Å²) in [5, 5.41) is 8.81. The fraction of sp³-hybridized carbons (Fsp3) is 0.143. The summed E-state index contributed by atoms with van der Waals surface area (Å²) in [5.74, 6) is -0.763. The predicted molar refractivity (Wildman–Crippen MR) is 127 cm³/mol. The number of aromatic nitrogens is 2. The van der Waals surface area contributed by atoms with Crippen molar-refractivity contribution in [3.63, 3.8) is 0 Å². The van der Waals surface area contributed by atoms with Crippen LogP contribution in [0.1, 0.15) is 41.6 Å². The van der Waals surface area contributed by atoms with E-state index in [4.69, 9.17) is 5.11 Å². The van der Waals surface area contributed by atoms with Crippen LogP contribution in [-0.4, -0.2) is 20.6 Å². The molecule has 0 aliphatic rings. The standard InChI is InChI=1S/C28H26N2O2/c31-27(32)20-12-4-11-19-26-21-30(22-29-26)28(23-13-5-1-6-14-23,24-15-7-2-8-16-24)25-17-9-3-10-18-25/h1-3,5-11,13-19,21-22H,4,12,20H2,(H,31,32)/b19-11+. The normalized spacial score (nSPS) is 11.6. The van der Waals surface area contributed by atoms with Crippen molar-refractivity contribution in [1.82, 2.24) is 9.55 Å². The van der Waals surface area contributed by atoms with E-state index in [-0.39, 0.29) is 6.42 Å². The second-order valence-corrected chi connectivity index (χ2v) is 7.70. The highest BCUT2D eigenvalue weighted by molar-refractivity contribution is 5.66. The molecule has 1 N–H and O–H groups in total. The van der Waals surface area contributed by atoms with E-state index in [9.17, 15) is 4.79 Å². The molecule has 1 aromatic heterocycles. The molecule has 4 aromatic rings. The van der Waals surface area contributed by atoms with Gasteiger partial charge in [0.05, 0.1) is 12.0 Å². The van der Waals surface area contributed by atoms with Crippen molar-refractivity contribution >= 4 is 12.0 Å². The molecule has 0 saturated heterocycles. The van der Waals surface area contributed by atoms with Crippen LogP contribution in [0, 0.1) is 0 Å². The Bertz CT molecular complexity index is 1070. The predicted octanol–water partition coefficient (Wildman–Crippen LogP) is 5.99. The fourth-order valence-corrected chi connectivity index (χ4v) is 4.17. The number of hydrogen-bond donors (Lipinski definition) is 1. The van der Waals surface area contributed by atoms with E-state index in [0.29, 0.717) is 12.8 Å². The first-order valence-electron chi connectivity index (χ1n) is 10.8. The van der Waals surface area contributed by atoms with Gasteiger partial charge < -0.3 is 9.67 Å². The fourth-order valence-electron chi connectivity index (χ4n) is 4.17. The molecule has 4 rings (SSSR count). The number of nitrogens with zero attached hydrogens (tertiary/aromatic N) is 2. The van der Waals surface area contributed by atoms with E-state index in [1.807, 2.05) is 36.7 Å². The van der Waals surface area contributed by atoms with Crippen molar-refractivity contribution in [2.45, 2.75) is 24.8 Å². The number of rotatable bonds is 9. The second kappa shape index (κ2) is 9.92. The summed E-state index contributed by atoms with van der Waals surface area (Å²) in [7, 11) is 0. The van der Waals surface area contributed by atoms with Gasteiger partial charge in [0.25, 0.3) is 0 Å². The Labute approximate surface area is 188 Å². The third kappa shape index (κ3) is 4.40. The summed E-state index contributed by atoms with van der Waals surface area (Å²) in [5.41, 5.74) is 3.70. The lowest BCUT2D eigenvalue weighted by molar-refractivity contribution is -0.137. The lowest BCUT2D eigenvalue weighted by Crippen LogP contribution is -2.36. The Balaban J connectivity index is 1.82. The topological polar surface area (TPSA) is 55.1 Å². The third-order valence-corrected chi connectivity index (χ3v) is 5.61. The molecule has 160 valence electrons. The summed E-state index contributed by atoms with van der Waals surface area (Å²) in [6.45, 7) is 0.